The molecule has 2 rings (SSSR count). The largest absolute Gasteiger partial charge is 0.356 e. The number of aromatic amines is 1. The molecule has 106 valence electrons. The summed E-state index contributed by atoms with van der Waals surface area (Å²) in [5.41, 5.74) is 2.37. The van der Waals surface area contributed by atoms with Gasteiger partial charge in [-0.15, -0.1) is 0 Å². The predicted molar refractivity (Wildman–Crippen MR) is 74.9 cm³/mol. The highest BCUT2D eigenvalue weighted by molar-refractivity contribution is 5.76. The maximum Gasteiger partial charge on any atom is 0.220 e. The molecule has 1 saturated heterocycles. The maximum absolute atomic E-state index is 11.8. The number of aromatic nitrogens is 2. The van der Waals surface area contributed by atoms with Crippen molar-refractivity contribution < 1.29 is 4.79 Å². The van der Waals surface area contributed by atoms with Gasteiger partial charge in [0, 0.05) is 18.7 Å². The first-order valence-electron chi connectivity index (χ1n) is 7.22. The first-order chi connectivity index (χ1) is 9.25. The first kappa shape index (κ1) is 14.1. The van der Waals surface area contributed by atoms with Gasteiger partial charge in [0.25, 0.3) is 0 Å². The van der Waals surface area contributed by atoms with E-state index >= 15 is 0 Å². The lowest BCUT2D eigenvalue weighted by molar-refractivity contribution is -0.122. The molecule has 5 heteroatoms. The molecule has 0 spiro atoms. The molecule has 1 fully saturated rings. The molecule has 5 nitrogen and oxygen atoms in total. The average molecular weight is 264 g/mol. The van der Waals surface area contributed by atoms with Crippen LogP contribution >= 0.6 is 0 Å². The Bertz CT molecular complexity index is 396. The van der Waals surface area contributed by atoms with Crippen LogP contribution in [0.3, 0.4) is 0 Å². The number of carbonyl (C=O) groups is 1. The summed E-state index contributed by atoms with van der Waals surface area (Å²) in [5, 5.41) is 13.3. The summed E-state index contributed by atoms with van der Waals surface area (Å²) in [7, 11) is 0. The molecule has 1 aromatic rings. The van der Waals surface area contributed by atoms with Gasteiger partial charge in [-0.3, -0.25) is 9.89 Å². The molecule has 0 radical (unpaired) electrons. The average Bonchev–Trinajstić information content (AvgIpc) is 2.81. The number of piperidine rings is 1. The van der Waals surface area contributed by atoms with Crippen molar-refractivity contribution in [3.63, 3.8) is 0 Å². The van der Waals surface area contributed by atoms with Gasteiger partial charge in [-0.25, -0.2) is 0 Å². The molecular formula is C14H24N4O. The Labute approximate surface area is 114 Å². The molecule has 1 aliphatic heterocycles. The summed E-state index contributed by atoms with van der Waals surface area (Å²) in [4.78, 5) is 11.8. The highest BCUT2D eigenvalue weighted by Crippen LogP contribution is 2.15. The number of hydrogen-bond acceptors (Lipinski definition) is 3. The van der Waals surface area contributed by atoms with E-state index in [4.69, 9.17) is 0 Å². The van der Waals surface area contributed by atoms with E-state index in [-0.39, 0.29) is 5.91 Å². The van der Waals surface area contributed by atoms with Crippen LogP contribution in [-0.2, 0) is 11.2 Å². The number of amides is 1. The van der Waals surface area contributed by atoms with E-state index in [0.717, 1.165) is 51.0 Å². The van der Waals surface area contributed by atoms with E-state index in [9.17, 15) is 4.79 Å². The molecule has 0 atom stereocenters. The van der Waals surface area contributed by atoms with Crippen molar-refractivity contribution in [2.45, 2.75) is 39.0 Å². The van der Waals surface area contributed by atoms with E-state index < -0.39 is 0 Å². The maximum atomic E-state index is 11.8. The lowest BCUT2D eigenvalue weighted by Crippen LogP contribution is -2.32. The lowest BCUT2D eigenvalue weighted by atomic mass is 9.94. The zero-order chi connectivity index (χ0) is 13.5. The quantitative estimate of drug-likeness (QED) is 0.675. The molecule has 19 heavy (non-hydrogen) atoms. The van der Waals surface area contributed by atoms with E-state index in [2.05, 4.69) is 20.8 Å². The smallest absolute Gasteiger partial charge is 0.220 e. The van der Waals surface area contributed by atoms with E-state index in [1.54, 1.807) is 0 Å². The van der Waals surface area contributed by atoms with Gasteiger partial charge in [0.2, 0.25) is 5.91 Å². The van der Waals surface area contributed by atoms with Crippen LogP contribution in [0, 0.1) is 12.8 Å². The van der Waals surface area contributed by atoms with Crippen molar-refractivity contribution in [1.29, 1.82) is 0 Å². The Morgan fingerprint density at radius 1 is 1.47 bits per heavy atom. The standard InChI is InChI=1S/C14H24N4O/c1-11-13(10-17-18-11)3-2-6-16-14(19)9-12-4-7-15-8-5-12/h10,12,15H,2-9H2,1H3,(H,16,19)(H,17,18). The van der Waals surface area contributed by atoms with Gasteiger partial charge >= 0.3 is 0 Å². The van der Waals surface area contributed by atoms with Crippen LogP contribution in [0.4, 0.5) is 0 Å². The lowest BCUT2D eigenvalue weighted by Gasteiger charge is -2.21. The molecule has 0 saturated carbocycles. The third-order valence-electron chi connectivity index (χ3n) is 3.81. The van der Waals surface area contributed by atoms with Gasteiger partial charge in [-0.05, 0) is 57.2 Å². The Morgan fingerprint density at radius 2 is 2.26 bits per heavy atom. The summed E-state index contributed by atoms with van der Waals surface area (Å²) >= 11 is 0. The van der Waals surface area contributed by atoms with Gasteiger partial charge in [-0.2, -0.15) is 5.10 Å². The second-order valence-corrected chi connectivity index (χ2v) is 5.37. The van der Waals surface area contributed by atoms with Crippen LogP contribution in [0.25, 0.3) is 0 Å². The van der Waals surface area contributed by atoms with Gasteiger partial charge in [0.1, 0.15) is 0 Å². The third kappa shape index (κ3) is 4.67. The summed E-state index contributed by atoms with van der Waals surface area (Å²) < 4.78 is 0. The Morgan fingerprint density at radius 3 is 2.95 bits per heavy atom. The zero-order valence-electron chi connectivity index (χ0n) is 11.7. The molecule has 1 amide bonds. The highest BCUT2D eigenvalue weighted by Gasteiger charge is 2.16. The SMILES string of the molecule is Cc1[nH]ncc1CCCNC(=O)CC1CCNCC1. The van der Waals surface area contributed by atoms with Crippen LogP contribution in [-0.4, -0.2) is 35.7 Å². The van der Waals surface area contributed by atoms with Crippen LogP contribution < -0.4 is 10.6 Å². The number of carbonyl (C=O) groups excluding carboxylic acids is 1. The molecule has 0 aromatic carbocycles. The summed E-state index contributed by atoms with van der Waals surface area (Å²) in [6.07, 6.45) is 6.75. The van der Waals surface area contributed by atoms with Crippen molar-refractivity contribution in [3.05, 3.63) is 17.5 Å². The first-order valence-corrected chi connectivity index (χ1v) is 7.22. The number of hydrogen-bond donors (Lipinski definition) is 3. The normalized spacial score (nSPS) is 16.5. The molecule has 3 N–H and O–H groups in total. The fourth-order valence-electron chi connectivity index (χ4n) is 2.55. The number of aryl methyl sites for hydroxylation is 2. The number of nitrogens with one attached hydrogen (secondary N) is 3. The number of rotatable bonds is 6. The number of nitrogens with zero attached hydrogens (tertiary/aromatic N) is 1. The van der Waals surface area contributed by atoms with Crippen molar-refractivity contribution in [1.82, 2.24) is 20.8 Å². The number of H-pyrrole nitrogens is 1. The minimum atomic E-state index is 0.204. The molecule has 0 unspecified atom stereocenters. The van der Waals surface area contributed by atoms with Crippen molar-refractivity contribution in [2.24, 2.45) is 5.92 Å². The Hall–Kier alpha value is -1.36. The van der Waals surface area contributed by atoms with Crippen LogP contribution in [0.1, 0.15) is 36.9 Å². The molecule has 1 aliphatic rings. The van der Waals surface area contributed by atoms with E-state index in [0.29, 0.717) is 12.3 Å². The zero-order valence-corrected chi connectivity index (χ0v) is 11.7. The van der Waals surface area contributed by atoms with Gasteiger partial charge in [0.15, 0.2) is 0 Å². The molecule has 0 bridgehead atoms. The van der Waals surface area contributed by atoms with Crippen molar-refractivity contribution in [3.8, 4) is 0 Å². The second kappa shape index (κ2) is 7.28. The van der Waals surface area contributed by atoms with Crippen molar-refractivity contribution in [2.75, 3.05) is 19.6 Å². The summed E-state index contributed by atoms with van der Waals surface area (Å²) in [5.74, 6) is 0.771. The topological polar surface area (TPSA) is 69.8 Å². The van der Waals surface area contributed by atoms with Crippen LogP contribution in [0.2, 0.25) is 0 Å². The van der Waals surface area contributed by atoms with Gasteiger partial charge < -0.3 is 10.6 Å². The summed E-state index contributed by atoms with van der Waals surface area (Å²) in [6, 6.07) is 0. The Balaban J connectivity index is 1.57. The van der Waals surface area contributed by atoms with E-state index in [1.807, 2.05) is 13.1 Å². The monoisotopic (exact) mass is 264 g/mol. The van der Waals surface area contributed by atoms with Crippen LogP contribution in [0.15, 0.2) is 6.20 Å². The fraction of sp³-hybridized carbons (Fsp3) is 0.714. The van der Waals surface area contributed by atoms with E-state index in [1.165, 1.54) is 5.56 Å². The highest BCUT2D eigenvalue weighted by atomic mass is 16.1. The third-order valence-corrected chi connectivity index (χ3v) is 3.81. The molecule has 2 heterocycles. The van der Waals surface area contributed by atoms with Gasteiger partial charge in [-0.1, -0.05) is 0 Å². The second-order valence-electron chi connectivity index (χ2n) is 5.37. The molecular weight excluding hydrogens is 240 g/mol. The molecule has 1 aromatic heterocycles. The Kier molecular flexibility index (Phi) is 5.39. The minimum absolute atomic E-state index is 0.204. The predicted octanol–water partition coefficient (Wildman–Crippen LogP) is 1.16. The summed E-state index contributed by atoms with van der Waals surface area (Å²) in [6.45, 7) is 4.89. The van der Waals surface area contributed by atoms with Crippen LogP contribution in [0.5, 0.6) is 0 Å². The molecule has 0 aliphatic carbocycles. The van der Waals surface area contributed by atoms with Gasteiger partial charge in [0.05, 0.1) is 6.20 Å². The minimum Gasteiger partial charge on any atom is -0.356 e. The van der Waals surface area contributed by atoms with Crippen molar-refractivity contribution >= 4 is 5.91 Å². The fourth-order valence-corrected chi connectivity index (χ4v) is 2.55.